The summed E-state index contributed by atoms with van der Waals surface area (Å²) in [6.45, 7) is 2.50. The number of fused-ring (bicyclic) bond motifs is 1. The van der Waals surface area contributed by atoms with Crippen molar-refractivity contribution in [3.8, 4) is 0 Å². The van der Waals surface area contributed by atoms with Gasteiger partial charge in [0.2, 0.25) is 0 Å². The third kappa shape index (κ3) is 3.33. The van der Waals surface area contributed by atoms with E-state index in [1.807, 2.05) is 30.3 Å². The van der Waals surface area contributed by atoms with Gasteiger partial charge in [0, 0.05) is 0 Å². The molecule has 0 saturated carbocycles. The van der Waals surface area contributed by atoms with Crippen LogP contribution < -0.4 is 5.32 Å². The van der Waals surface area contributed by atoms with Crippen molar-refractivity contribution in [2.24, 2.45) is 0 Å². The van der Waals surface area contributed by atoms with Crippen LogP contribution >= 0.6 is 0 Å². The van der Waals surface area contributed by atoms with Gasteiger partial charge in [-0.1, -0.05) is 30.3 Å². The van der Waals surface area contributed by atoms with Gasteiger partial charge in [0.25, 0.3) is 0 Å². The Hall–Kier alpha value is -1.66. The van der Waals surface area contributed by atoms with Crippen LogP contribution in [0.4, 0.5) is 0 Å². The molecule has 122 valence electrons. The largest absolute Gasteiger partial charge is 0.468 e. The molecular weight excluding hydrogens is 294 g/mol. The van der Waals surface area contributed by atoms with Gasteiger partial charge in [-0.3, -0.25) is 0 Å². The summed E-state index contributed by atoms with van der Waals surface area (Å²) >= 11 is 0. The zero-order valence-electron chi connectivity index (χ0n) is 12.9. The smallest absolute Gasteiger partial charge is 0.117 e. The number of nitrogens with one attached hydrogen (secondary N) is 1. The van der Waals surface area contributed by atoms with Gasteiger partial charge >= 0.3 is 0 Å². The Morgan fingerprint density at radius 2 is 1.87 bits per heavy atom. The normalized spacial score (nSPS) is 29.7. The van der Waals surface area contributed by atoms with Crippen LogP contribution in [0.25, 0.3) is 0 Å². The van der Waals surface area contributed by atoms with Gasteiger partial charge in [0.05, 0.1) is 38.7 Å². The molecule has 23 heavy (non-hydrogen) atoms. The first-order valence-corrected chi connectivity index (χ1v) is 8.04. The van der Waals surface area contributed by atoms with Crippen molar-refractivity contribution in [1.29, 1.82) is 0 Å². The van der Waals surface area contributed by atoms with E-state index in [0.29, 0.717) is 26.4 Å². The maximum atomic E-state index is 6.01. The van der Waals surface area contributed by atoms with Crippen LogP contribution in [0.5, 0.6) is 0 Å². The van der Waals surface area contributed by atoms with Crippen molar-refractivity contribution >= 4 is 0 Å². The molecule has 1 aromatic carbocycles. The highest BCUT2D eigenvalue weighted by Crippen LogP contribution is 2.29. The minimum Gasteiger partial charge on any atom is -0.468 e. The Kier molecular flexibility index (Phi) is 4.43. The molecule has 4 rings (SSSR count). The summed E-state index contributed by atoms with van der Waals surface area (Å²) in [5.74, 6) is 0.920. The molecule has 2 aliphatic heterocycles. The highest BCUT2D eigenvalue weighted by atomic mass is 16.6. The van der Waals surface area contributed by atoms with E-state index in [1.54, 1.807) is 6.26 Å². The van der Waals surface area contributed by atoms with Crippen molar-refractivity contribution < 1.29 is 18.6 Å². The number of rotatable bonds is 6. The van der Waals surface area contributed by atoms with Crippen molar-refractivity contribution in [2.75, 3.05) is 13.2 Å². The van der Waals surface area contributed by atoms with Crippen LogP contribution in [0.15, 0.2) is 53.1 Å². The maximum Gasteiger partial charge on any atom is 0.117 e. The summed E-state index contributed by atoms with van der Waals surface area (Å²) in [6, 6.07) is 14.2. The number of hydrogen-bond donors (Lipinski definition) is 1. The molecule has 0 aliphatic carbocycles. The Bertz CT molecular complexity index is 601. The van der Waals surface area contributed by atoms with E-state index in [4.69, 9.17) is 18.6 Å². The zero-order chi connectivity index (χ0) is 15.5. The Labute approximate surface area is 135 Å². The third-order valence-corrected chi connectivity index (χ3v) is 4.43. The molecule has 2 saturated heterocycles. The average Bonchev–Trinajstić information content (AvgIpc) is 3.31. The van der Waals surface area contributed by atoms with Crippen LogP contribution in [-0.4, -0.2) is 37.6 Å². The number of benzene rings is 1. The second-order valence-electron chi connectivity index (χ2n) is 6.00. The molecule has 0 bridgehead atoms. The molecule has 0 unspecified atom stereocenters. The van der Waals surface area contributed by atoms with E-state index in [0.717, 1.165) is 5.76 Å². The number of hydrogen-bond acceptors (Lipinski definition) is 5. The second-order valence-corrected chi connectivity index (χ2v) is 6.00. The van der Waals surface area contributed by atoms with Crippen molar-refractivity contribution in [2.45, 2.75) is 37.5 Å². The predicted octanol–water partition coefficient (Wildman–Crippen LogP) is 2.12. The Morgan fingerprint density at radius 1 is 1.00 bits per heavy atom. The molecule has 5 nitrogen and oxygen atoms in total. The van der Waals surface area contributed by atoms with Gasteiger partial charge in [0.15, 0.2) is 0 Å². The monoisotopic (exact) mass is 315 g/mol. The summed E-state index contributed by atoms with van der Waals surface area (Å²) in [4.78, 5) is 0. The number of ether oxygens (including phenoxy) is 3. The molecule has 0 spiro atoms. The van der Waals surface area contributed by atoms with Crippen LogP contribution in [0, 0.1) is 0 Å². The first-order chi connectivity index (χ1) is 11.4. The topological polar surface area (TPSA) is 52.9 Å². The SMILES string of the molecule is c1ccc(CO[C@H]2CO[C@@H]3[C@@H]2OC[C@@H]3NCc2ccco2)cc1. The Balaban J connectivity index is 1.29. The first kappa shape index (κ1) is 14.9. The van der Waals surface area contributed by atoms with Gasteiger partial charge in [-0.2, -0.15) is 0 Å². The van der Waals surface area contributed by atoms with Crippen LogP contribution in [0.1, 0.15) is 11.3 Å². The van der Waals surface area contributed by atoms with Crippen LogP contribution in [-0.2, 0) is 27.4 Å². The van der Waals surface area contributed by atoms with E-state index in [2.05, 4.69) is 17.4 Å². The summed E-state index contributed by atoms with van der Waals surface area (Å²) in [5, 5.41) is 3.45. The van der Waals surface area contributed by atoms with Gasteiger partial charge in [-0.15, -0.1) is 0 Å². The second kappa shape index (κ2) is 6.84. The highest BCUT2D eigenvalue weighted by Gasteiger charge is 2.48. The molecule has 2 aromatic rings. The van der Waals surface area contributed by atoms with Crippen LogP contribution in [0.2, 0.25) is 0 Å². The summed E-state index contributed by atoms with van der Waals surface area (Å²) in [5.41, 5.74) is 1.17. The zero-order valence-corrected chi connectivity index (χ0v) is 12.9. The molecule has 0 radical (unpaired) electrons. The summed E-state index contributed by atoms with van der Waals surface area (Å²) in [7, 11) is 0. The van der Waals surface area contributed by atoms with E-state index in [-0.39, 0.29) is 24.4 Å². The van der Waals surface area contributed by atoms with E-state index in [1.165, 1.54) is 5.56 Å². The summed E-state index contributed by atoms with van der Waals surface area (Å²) in [6.07, 6.45) is 1.74. The lowest BCUT2D eigenvalue weighted by molar-refractivity contribution is -0.0393. The third-order valence-electron chi connectivity index (χ3n) is 4.43. The van der Waals surface area contributed by atoms with Gasteiger partial charge < -0.3 is 23.9 Å². The lowest BCUT2D eigenvalue weighted by atomic mass is 10.1. The van der Waals surface area contributed by atoms with Crippen molar-refractivity contribution in [1.82, 2.24) is 5.32 Å². The quantitative estimate of drug-likeness (QED) is 0.885. The fourth-order valence-corrected chi connectivity index (χ4v) is 3.20. The summed E-state index contributed by atoms with van der Waals surface area (Å²) < 4.78 is 23.2. The van der Waals surface area contributed by atoms with Gasteiger partial charge in [-0.05, 0) is 17.7 Å². The average molecular weight is 315 g/mol. The lowest BCUT2D eigenvalue weighted by Crippen LogP contribution is -2.41. The van der Waals surface area contributed by atoms with Crippen molar-refractivity contribution in [3.05, 3.63) is 60.1 Å². The predicted molar refractivity (Wildman–Crippen MR) is 83.8 cm³/mol. The molecule has 0 amide bonds. The highest BCUT2D eigenvalue weighted by molar-refractivity contribution is 5.13. The molecule has 5 heteroatoms. The first-order valence-electron chi connectivity index (χ1n) is 8.04. The molecule has 2 aliphatic rings. The lowest BCUT2D eigenvalue weighted by Gasteiger charge is -2.17. The molecule has 4 atom stereocenters. The molecule has 3 heterocycles. The molecule has 1 aromatic heterocycles. The Morgan fingerprint density at radius 3 is 2.70 bits per heavy atom. The van der Waals surface area contributed by atoms with E-state index in [9.17, 15) is 0 Å². The van der Waals surface area contributed by atoms with Crippen LogP contribution in [0.3, 0.4) is 0 Å². The minimum atomic E-state index is -0.00406. The van der Waals surface area contributed by atoms with E-state index < -0.39 is 0 Å². The fraction of sp³-hybridized carbons (Fsp3) is 0.444. The molecule has 1 N–H and O–H groups in total. The van der Waals surface area contributed by atoms with Gasteiger partial charge in [0.1, 0.15) is 24.1 Å². The number of furan rings is 1. The van der Waals surface area contributed by atoms with Crippen molar-refractivity contribution in [3.63, 3.8) is 0 Å². The molecule has 2 fully saturated rings. The van der Waals surface area contributed by atoms with Gasteiger partial charge in [-0.25, -0.2) is 0 Å². The standard InChI is InChI=1S/C18H21NO4/c1-2-5-13(6-3-1)10-21-16-12-23-17-15(11-22-18(16)17)19-9-14-7-4-8-20-14/h1-8,15-19H,9-12H2/t15-,16-,17-,18+/m0/s1. The minimum absolute atomic E-state index is 0.00406. The maximum absolute atomic E-state index is 6.01. The fourth-order valence-electron chi connectivity index (χ4n) is 3.20. The van der Waals surface area contributed by atoms with E-state index >= 15 is 0 Å². The molecular formula is C18H21NO4.